The molecule has 0 saturated carbocycles. The Kier molecular flexibility index (Phi) is 5.76. The molecule has 0 heterocycles. The number of rotatable bonds is 6. The number of hydrogen-bond donors (Lipinski definition) is 0. The topological polar surface area (TPSA) is 69.7 Å². The minimum Gasteiger partial charge on any atom is -0.491 e. The van der Waals surface area contributed by atoms with Gasteiger partial charge in [-0.15, -0.1) is 0 Å². The van der Waals surface area contributed by atoms with Crippen molar-refractivity contribution in [1.82, 2.24) is 0 Å². The van der Waals surface area contributed by atoms with E-state index in [9.17, 15) is 13.2 Å². The minimum absolute atomic E-state index is 0.0634. The Bertz CT molecular complexity index is 858. The maximum absolute atomic E-state index is 12.5. The van der Waals surface area contributed by atoms with E-state index in [4.69, 9.17) is 8.92 Å². The number of hydrogen-bond acceptors (Lipinski definition) is 5. The molecule has 0 fully saturated rings. The molecule has 2 rings (SSSR count). The molecule has 140 valence electrons. The number of carbonyl (C=O) groups is 1. The van der Waals surface area contributed by atoms with Crippen LogP contribution in [-0.2, 0) is 10.1 Å². The Morgan fingerprint density at radius 2 is 1.27 bits per heavy atom. The lowest BCUT2D eigenvalue weighted by molar-refractivity contribution is 0.103. The second kappa shape index (κ2) is 7.50. The SMILES string of the molecule is CC(C)Oc1ccc(C(=O)c2ccc(OS(=O)(=O)C(C)(C)C)cc2)cc1. The molecule has 5 nitrogen and oxygen atoms in total. The molecule has 6 heteroatoms. The molecule has 0 atom stereocenters. The van der Waals surface area contributed by atoms with Gasteiger partial charge in [-0.3, -0.25) is 4.79 Å². The lowest BCUT2D eigenvalue weighted by Crippen LogP contribution is -2.32. The van der Waals surface area contributed by atoms with Gasteiger partial charge in [0.15, 0.2) is 5.78 Å². The van der Waals surface area contributed by atoms with Crippen LogP contribution in [0.25, 0.3) is 0 Å². The molecule has 0 aliphatic heterocycles. The number of benzene rings is 2. The maximum Gasteiger partial charge on any atom is 0.314 e. The van der Waals surface area contributed by atoms with Crippen LogP contribution in [-0.4, -0.2) is 25.1 Å². The first kappa shape index (κ1) is 20.0. The molecule has 2 aromatic rings. The summed E-state index contributed by atoms with van der Waals surface area (Å²) in [7, 11) is -3.75. The van der Waals surface area contributed by atoms with Crippen LogP contribution < -0.4 is 8.92 Å². The number of carbonyl (C=O) groups excluding carboxylic acids is 1. The normalized spacial score (nSPS) is 12.1. The van der Waals surface area contributed by atoms with Crippen molar-refractivity contribution in [3.8, 4) is 11.5 Å². The zero-order chi connectivity index (χ0) is 19.5. The molecule has 0 amide bonds. The van der Waals surface area contributed by atoms with Crippen LogP contribution in [0.4, 0.5) is 0 Å². The van der Waals surface area contributed by atoms with Crippen LogP contribution in [0.3, 0.4) is 0 Å². The molecule has 0 saturated heterocycles. The van der Waals surface area contributed by atoms with Crippen molar-refractivity contribution in [2.24, 2.45) is 0 Å². The van der Waals surface area contributed by atoms with E-state index in [2.05, 4.69) is 0 Å². The molecular formula is C20H24O5S. The molecule has 0 bridgehead atoms. The lowest BCUT2D eigenvalue weighted by Gasteiger charge is -2.19. The second-order valence-corrected chi connectivity index (χ2v) is 9.49. The van der Waals surface area contributed by atoms with Crippen molar-refractivity contribution in [2.45, 2.75) is 45.5 Å². The maximum atomic E-state index is 12.5. The highest BCUT2D eigenvalue weighted by Crippen LogP contribution is 2.23. The highest BCUT2D eigenvalue weighted by atomic mass is 32.2. The van der Waals surface area contributed by atoms with Crippen molar-refractivity contribution >= 4 is 15.9 Å². The Labute approximate surface area is 155 Å². The van der Waals surface area contributed by atoms with Gasteiger partial charge in [-0.25, -0.2) is 0 Å². The van der Waals surface area contributed by atoms with Gasteiger partial charge >= 0.3 is 10.1 Å². The summed E-state index contributed by atoms with van der Waals surface area (Å²) >= 11 is 0. The van der Waals surface area contributed by atoms with Gasteiger partial charge in [0.2, 0.25) is 0 Å². The quantitative estimate of drug-likeness (QED) is 0.558. The van der Waals surface area contributed by atoms with E-state index in [1.807, 2.05) is 13.8 Å². The molecule has 0 aliphatic rings. The van der Waals surface area contributed by atoms with Crippen LogP contribution in [0.2, 0.25) is 0 Å². The zero-order valence-electron chi connectivity index (χ0n) is 15.6. The molecule has 0 unspecified atom stereocenters. The van der Waals surface area contributed by atoms with Gasteiger partial charge in [-0.1, -0.05) is 0 Å². The summed E-state index contributed by atoms with van der Waals surface area (Å²) < 4.78 is 33.8. The Hall–Kier alpha value is -2.34. The van der Waals surface area contributed by atoms with Crippen LogP contribution in [0.15, 0.2) is 48.5 Å². The Morgan fingerprint density at radius 1 is 0.846 bits per heavy atom. The molecule has 0 N–H and O–H groups in total. The van der Waals surface area contributed by atoms with Gasteiger partial charge in [0, 0.05) is 11.1 Å². The van der Waals surface area contributed by atoms with E-state index in [1.54, 1.807) is 57.2 Å². The molecule has 0 spiro atoms. The van der Waals surface area contributed by atoms with Crippen LogP contribution in [0.1, 0.15) is 50.5 Å². The van der Waals surface area contributed by atoms with Gasteiger partial charge in [0.1, 0.15) is 11.5 Å². The van der Waals surface area contributed by atoms with E-state index in [1.165, 1.54) is 12.1 Å². The summed E-state index contributed by atoms with van der Waals surface area (Å²) in [4.78, 5) is 12.5. The summed E-state index contributed by atoms with van der Waals surface area (Å²) in [5.74, 6) is 0.719. The van der Waals surface area contributed by atoms with Crippen LogP contribution in [0.5, 0.6) is 11.5 Å². The smallest absolute Gasteiger partial charge is 0.314 e. The Morgan fingerprint density at radius 3 is 1.65 bits per heavy atom. The zero-order valence-corrected chi connectivity index (χ0v) is 16.5. The van der Waals surface area contributed by atoms with Crippen molar-refractivity contribution in [3.63, 3.8) is 0 Å². The standard InChI is InChI=1S/C20H24O5S/c1-14(2)24-17-10-6-15(7-11-17)19(21)16-8-12-18(13-9-16)25-26(22,23)20(3,4)5/h6-14H,1-5H3. The highest BCUT2D eigenvalue weighted by Gasteiger charge is 2.31. The lowest BCUT2D eigenvalue weighted by atomic mass is 10.0. The fourth-order valence-corrected chi connectivity index (χ4v) is 2.65. The molecule has 0 aromatic heterocycles. The van der Waals surface area contributed by atoms with E-state index < -0.39 is 14.9 Å². The molecule has 0 radical (unpaired) electrons. The predicted octanol–water partition coefficient (Wildman–Crippen LogP) is 4.21. The van der Waals surface area contributed by atoms with Crippen LogP contribution in [0, 0.1) is 0 Å². The summed E-state index contributed by atoms with van der Waals surface area (Å²) in [6.07, 6.45) is 0.0634. The highest BCUT2D eigenvalue weighted by molar-refractivity contribution is 7.88. The molecule has 26 heavy (non-hydrogen) atoms. The van der Waals surface area contributed by atoms with E-state index in [0.717, 1.165) is 0 Å². The minimum atomic E-state index is -3.75. The summed E-state index contributed by atoms with van der Waals surface area (Å²) in [6, 6.07) is 13.0. The van der Waals surface area contributed by atoms with Gasteiger partial charge < -0.3 is 8.92 Å². The van der Waals surface area contributed by atoms with E-state index in [-0.39, 0.29) is 17.6 Å². The Balaban J connectivity index is 2.14. The first-order chi connectivity index (χ1) is 12.0. The largest absolute Gasteiger partial charge is 0.491 e. The van der Waals surface area contributed by atoms with E-state index >= 15 is 0 Å². The summed E-state index contributed by atoms with van der Waals surface area (Å²) in [5, 5.41) is 0. The molecular weight excluding hydrogens is 352 g/mol. The average molecular weight is 376 g/mol. The average Bonchev–Trinajstić information content (AvgIpc) is 2.54. The van der Waals surface area contributed by atoms with Gasteiger partial charge in [-0.2, -0.15) is 8.42 Å². The van der Waals surface area contributed by atoms with Crippen LogP contribution >= 0.6 is 0 Å². The first-order valence-electron chi connectivity index (χ1n) is 8.35. The first-order valence-corrected chi connectivity index (χ1v) is 9.76. The van der Waals surface area contributed by atoms with Crippen molar-refractivity contribution in [3.05, 3.63) is 59.7 Å². The second-order valence-electron chi connectivity index (χ2n) is 7.19. The predicted molar refractivity (Wildman–Crippen MR) is 101 cm³/mol. The van der Waals surface area contributed by atoms with Gasteiger partial charge in [0.25, 0.3) is 0 Å². The van der Waals surface area contributed by atoms with Crippen molar-refractivity contribution < 1.29 is 22.1 Å². The summed E-state index contributed by atoms with van der Waals surface area (Å²) in [6.45, 7) is 8.55. The molecule has 2 aromatic carbocycles. The number of ether oxygens (including phenoxy) is 1. The summed E-state index contributed by atoms with van der Waals surface area (Å²) in [5.41, 5.74) is 0.972. The van der Waals surface area contributed by atoms with E-state index in [0.29, 0.717) is 16.9 Å². The monoisotopic (exact) mass is 376 g/mol. The third kappa shape index (κ3) is 4.85. The fraction of sp³-hybridized carbons (Fsp3) is 0.350. The number of ketones is 1. The van der Waals surface area contributed by atoms with Crippen molar-refractivity contribution in [1.29, 1.82) is 0 Å². The van der Waals surface area contributed by atoms with Gasteiger partial charge in [0.05, 0.1) is 10.9 Å². The molecule has 0 aliphatic carbocycles. The van der Waals surface area contributed by atoms with Crippen molar-refractivity contribution in [2.75, 3.05) is 0 Å². The third-order valence-corrected chi connectivity index (χ3v) is 5.47. The third-order valence-electron chi connectivity index (χ3n) is 3.56. The fourth-order valence-electron chi connectivity index (χ4n) is 2.04. The van der Waals surface area contributed by atoms with Gasteiger partial charge in [-0.05, 0) is 83.1 Å².